The van der Waals surface area contributed by atoms with Gasteiger partial charge in [-0.2, -0.15) is 0 Å². The minimum atomic E-state index is -0.521. The van der Waals surface area contributed by atoms with E-state index in [2.05, 4.69) is 33.4 Å². The summed E-state index contributed by atoms with van der Waals surface area (Å²) in [6, 6.07) is 23.4. The van der Waals surface area contributed by atoms with Gasteiger partial charge in [0, 0.05) is 31.5 Å². The van der Waals surface area contributed by atoms with Gasteiger partial charge >= 0.3 is 0 Å². The maximum atomic E-state index is 14.2. The molecule has 0 radical (unpaired) electrons. The number of fused-ring (bicyclic) bond motifs is 1. The van der Waals surface area contributed by atoms with Crippen LogP contribution >= 0.6 is 0 Å². The van der Waals surface area contributed by atoms with Gasteiger partial charge in [0.05, 0.1) is 28.4 Å². The van der Waals surface area contributed by atoms with Gasteiger partial charge in [-0.05, 0) is 83.5 Å². The van der Waals surface area contributed by atoms with Crippen molar-refractivity contribution in [2.75, 3.05) is 35.0 Å². The van der Waals surface area contributed by atoms with E-state index in [0.717, 1.165) is 41.6 Å². The molecule has 2 heterocycles. The van der Waals surface area contributed by atoms with Gasteiger partial charge in [0.15, 0.2) is 23.0 Å². The monoisotopic (exact) mass is 581 g/mol. The number of aromatic nitrogens is 1. The minimum Gasteiger partial charge on any atom is -0.493 e. The predicted octanol–water partition coefficient (Wildman–Crippen LogP) is 5.71. The van der Waals surface area contributed by atoms with Crippen LogP contribution in [-0.4, -0.2) is 50.8 Å². The van der Waals surface area contributed by atoms with Crippen molar-refractivity contribution in [2.24, 2.45) is 0 Å². The second kappa shape index (κ2) is 14.1. The Kier molecular flexibility index (Phi) is 9.79. The highest BCUT2D eigenvalue weighted by Crippen LogP contribution is 2.42. The molecule has 0 saturated carbocycles. The molecule has 0 aliphatic carbocycles. The van der Waals surface area contributed by atoms with E-state index in [0.29, 0.717) is 36.0 Å². The number of benzene rings is 3. The third-order valence-corrected chi connectivity index (χ3v) is 8.06. The van der Waals surface area contributed by atoms with Crippen molar-refractivity contribution < 1.29 is 23.7 Å². The first kappa shape index (κ1) is 29.9. The average molecular weight is 582 g/mol. The number of methoxy groups -OCH3 is 4. The summed E-state index contributed by atoms with van der Waals surface area (Å²) in [7, 11) is 6.59. The Labute approximate surface area is 253 Å². The number of rotatable bonds is 11. The normalized spacial score (nSPS) is 15.5. The summed E-state index contributed by atoms with van der Waals surface area (Å²) in [5.41, 5.74) is 5.31. The first-order chi connectivity index (χ1) is 21.1. The van der Waals surface area contributed by atoms with Gasteiger partial charge in [0.25, 0.3) is 0 Å². The Morgan fingerprint density at radius 3 is 2.21 bits per heavy atom. The Morgan fingerprint density at radius 1 is 0.837 bits per heavy atom. The number of pyridine rings is 1. The fourth-order valence-electron chi connectivity index (χ4n) is 5.93. The molecule has 1 N–H and O–H groups in total. The van der Waals surface area contributed by atoms with Crippen LogP contribution in [0.3, 0.4) is 0 Å². The molecule has 0 bridgehead atoms. The summed E-state index contributed by atoms with van der Waals surface area (Å²) in [6.07, 6.45) is 5.86. The Morgan fingerprint density at radius 2 is 1.51 bits per heavy atom. The molecule has 0 spiro atoms. The smallest absolute Gasteiger partial charge is 0.242 e. The van der Waals surface area contributed by atoms with E-state index in [4.69, 9.17) is 18.9 Å². The summed E-state index contributed by atoms with van der Waals surface area (Å²) < 4.78 is 22.6. The molecule has 43 heavy (non-hydrogen) atoms. The van der Waals surface area contributed by atoms with Crippen LogP contribution in [-0.2, 0) is 24.2 Å². The van der Waals surface area contributed by atoms with E-state index >= 15 is 0 Å². The molecule has 0 saturated heterocycles. The molecule has 2 unspecified atom stereocenters. The van der Waals surface area contributed by atoms with E-state index in [1.54, 1.807) is 40.8 Å². The molecule has 224 valence electrons. The van der Waals surface area contributed by atoms with Crippen LogP contribution < -0.4 is 24.3 Å². The number of hydrogen-bond donors (Lipinski definition) is 1. The van der Waals surface area contributed by atoms with Gasteiger partial charge in [-0.1, -0.05) is 36.4 Å². The van der Waals surface area contributed by atoms with Crippen molar-refractivity contribution in [3.05, 3.63) is 113 Å². The van der Waals surface area contributed by atoms with Crippen LogP contribution in [0.25, 0.3) is 0 Å². The molecule has 1 aliphatic rings. The highest BCUT2D eigenvalue weighted by Gasteiger charge is 2.36. The van der Waals surface area contributed by atoms with Gasteiger partial charge in [0.1, 0.15) is 6.04 Å². The molecule has 1 aromatic heterocycles. The quantitative estimate of drug-likeness (QED) is 0.243. The number of nitrogens with zero attached hydrogens (tertiary/aromatic N) is 2. The Hall–Kier alpha value is -4.56. The summed E-state index contributed by atoms with van der Waals surface area (Å²) >= 11 is 0. The molecule has 3 aromatic carbocycles. The lowest BCUT2D eigenvalue weighted by molar-refractivity contribution is -0.128. The largest absolute Gasteiger partial charge is 0.493 e. The second-order valence-corrected chi connectivity index (χ2v) is 10.5. The lowest BCUT2D eigenvalue weighted by Gasteiger charge is -2.37. The number of nitrogens with one attached hydrogen (secondary N) is 1. The van der Waals surface area contributed by atoms with Gasteiger partial charge in [-0.15, -0.1) is 0 Å². The van der Waals surface area contributed by atoms with Crippen LogP contribution in [0.1, 0.15) is 46.3 Å². The van der Waals surface area contributed by atoms with Crippen LogP contribution in [0, 0.1) is 0 Å². The average Bonchev–Trinajstić information content (AvgIpc) is 3.22. The molecule has 0 fully saturated rings. The first-order valence-electron chi connectivity index (χ1n) is 14.5. The molecule has 2 atom stereocenters. The number of carbonyl (C=O) groups is 1. The highest BCUT2D eigenvalue weighted by atomic mass is 16.5. The Bertz CT molecular complexity index is 1510. The predicted molar refractivity (Wildman–Crippen MR) is 166 cm³/mol. The standard InChI is InChI=1S/C35H39N3O5/c1-40-30-13-12-25(20-31(30)41-2)19-29-28-22-33(43-4)32(42-3)21-27(28)11-8-18-38(29)34(26-9-6-5-7-10-26)35(39)37-23-24-14-16-36-17-15-24/h5-7,9-10,12-17,20-22,29,34H,8,11,18-19,23H2,1-4H3,(H,37,39). The van der Waals surface area contributed by atoms with Crippen LogP contribution in [0.5, 0.6) is 23.0 Å². The molecule has 5 rings (SSSR count). The van der Waals surface area contributed by atoms with E-state index < -0.39 is 6.04 Å². The zero-order chi connectivity index (χ0) is 30.2. The molecular weight excluding hydrogens is 542 g/mol. The zero-order valence-electron chi connectivity index (χ0n) is 25.2. The van der Waals surface area contributed by atoms with Crippen molar-refractivity contribution in [3.8, 4) is 23.0 Å². The minimum absolute atomic E-state index is 0.0516. The number of carbonyl (C=O) groups excluding carboxylic acids is 1. The highest BCUT2D eigenvalue weighted by molar-refractivity contribution is 5.83. The molecule has 8 heteroatoms. The number of aryl methyl sites for hydroxylation is 1. The fourth-order valence-corrected chi connectivity index (χ4v) is 5.93. The number of ether oxygens (including phenoxy) is 4. The van der Waals surface area contributed by atoms with E-state index in [1.807, 2.05) is 54.6 Å². The lowest BCUT2D eigenvalue weighted by atomic mass is 9.91. The number of hydrogen-bond acceptors (Lipinski definition) is 7. The van der Waals surface area contributed by atoms with E-state index in [1.165, 1.54) is 5.56 Å². The van der Waals surface area contributed by atoms with Gasteiger partial charge in [-0.3, -0.25) is 14.7 Å². The molecule has 4 aromatic rings. The van der Waals surface area contributed by atoms with Crippen LogP contribution in [0.15, 0.2) is 85.2 Å². The van der Waals surface area contributed by atoms with Crippen molar-refractivity contribution in [1.29, 1.82) is 0 Å². The summed E-state index contributed by atoms with van der Waals surface area (Å²) in [4.78, 5) is 20.6. The van der Waals surface area contributed by atoms with Gasteiger partial charge in [0.2, 0.25) is 5.91 Å². The first-order valence-corrected chi connectivity index (χ1v) is 14.5. The molecular formula is C35H39N3O5. The van der Waals surface area contributed by atoms with E-state index in [-0.39, 0.29) is 11.9 Å². The molecule has 1 amide bonds. The lowest BCUT2D eigenvalue weighted by Crippen LogP contribution is -2.43. The van der Waals surface area contributed by atoms with Gasteiger partial charge < -0.3 is 24.3 Å². The van der Waals surface area contributed by atoms with E-state index in [9.17, 15) is 4.79 Å². The fraction of sp³-hybridized carbons (Fsp3) is 0.314. The van der Waals surface area contributed by atoms with Crippen molar-refractivity contribution >= 4 is 5.91 Å². The molecule has 8 nitrogen and oxygen atoms in total. The topological polar surface area (TPSA) is 82.2 Å². The molecule has 1 aliphatic heterocycles. The third kappa shape index (κ3) is 6.75. The van der Waals surface area contributed by atoms with Crippen molar-refractivity contribution in [2.45, 2.75) is 37.9 Å². The summed E-state index contributed by atoms with van der Waals surface area (Å²) in [6.45, 7) is 1.14. The van der Waals surface area contributed by atoms with Crippen molar-refractivity contribution in [1.82, 2.24) is 15.2 Å². The maximum absolute atomic E-state index is 14.2. The SMILES string of the molecule is COc1ccc(CC2c3cc(OC)c(OC)cc3CCCN2C(C(=O)NCc2ccncc2)c2ccccc2)cc1OC. The summed E-state index contributed by atoms with van der Waals surface area (Å²) in [5, 5.41) is 3.21. The summed E-state index contributed by atoms with van der Waals surface area (Å²) in [5.74, 6) is 2.66. The van der Waals surface area contributed by atoms with Crippen LogP contribution in [0.2, 0.25) is 0 Å². The third-order valence-electron chi connectivity index (χ3n) is 8.06. The van der Waals surface area contributed by atoms with Crippen molar-refractivity contribution in [3.63, 3.8) is 0 Å². The number of amides is 1. The van der Waals surface area contributed by atoms with Crippen LogP contribution in [0.4, 0.5) is 0 Å². The second-order valence-electron chi connectivity index (χ2n) is 10.5. The maximum Gasteiger partial charge on any atom is 0.242 e. The van der Waals surface area contributed by atoms with Gasteiger partial charge in [-0.25, -0.2) is 0 Å². The zero-order valence-corrected chi connectivity index (χ0v) is 25.2. The Balaban J connectivity index is 1.60.